The van der Waals surface area contributed by atoms with Gasteiger partial charge >= 0.3 is 0 Å². The van der Waals surface area contributed by atoms with Gasteiger partial charge in [-0.05, 0) is 31.2 Å². The molecule has 2 aromatic rings. The maximum absolute atomic E-state index is 11.9. The van der Waals surface area contributed by atoms with Crippen molar-refractivity contribution in [3.63, 3.8) is 0 Å². The van der Waals surface area contributed by atoms with Crippen LogP contribution in [0.5, 0.6) is 11.5 Å². The van der Waals surface area contributed by atoms with Gasteiger partial charge in [-0.1, -0.05) is 11.6 Å². The Labute approximate surface area is 138 Å². The van der Waals surface area contributed by atoms with E-state index in [1.54, 1.807) is 31.2 Å². The van der Waals surface area contributed by atoms with Crippen LogP contribution in [-0.4, -0.2) is 25.7 Å². The molecule has 0 aliphatic heterocycles. The Kier molecular flexibility index (Phi) is 5.65. The number of carbonyl (C=O) groups is 1. The number of carbonyl (C=O) groups excluding carboxylic acids is 1. The highest BCUT2D eigenvalue weighted by molar-refractivity contribution is 6.30. The first-order valence-corrected chi connectivity index (χ1v) is 7.24. The Morgan fingerprint density at radius 1 is 1.35 bits per heavy atom. The lowest BCUT2D eigenvalue weighted by molar-refractivity contribution is 0.0901. The van der Waals surface area contributed by atoms with Crippen LogP contribution in [0.25, 0.3) is 0 Å². The fourth-order valence-corrected chi connectivity index (χ4v) is 1.90. The molecule has 23 heavy (non-hydrogen) atoms. The van der Waals surface area contributed by atoms with Gasteiger partial charge < -0.3 is 19.2 Å². The van der Waals surface area contributed by atoms with E-state index in [9.17, 15) is 9.59 Å². The van der Waals surface area contributed by atoms with Crippen molar-refractivity contribution in [2.45, 2.75) is 13.0 Å². The lowest BCUT2D eigenvalue weighted by atomic mass is 10.3. The SMILES string of the molecule is COc1coc(C(=O)NC[C@H](C)Oc2ccc(Cl)cc2)cc1=O. The summed E-state index contributed by atoms with van der Waals surface area (Å²) in [6.07, 6.45) is 0.829. The van der Waals surface area contributed by atoms with Crippen molar-refractivity contribution in [3.05, 3.63) is 57.6 Å². The molecule has 1 heterocycles. The molecule has 0 saturated heterocycles. The van der Waals surface area contributed by atoms with Crippen molar-refractivity contribution in [3.8, 4) is 11.5 Å². The van der Waals surface area contributed by atoms with E-state index in [0.29, 0.717) is 10.8 Å². The smallest absolute Gasteiger partial charge is 0.287 e. The summed E-state index contributed by atoms with van der Waals surface area (Å²) in [5.41, 5.74) is -0.422. The molecule has 0 aliphatic carbocycles. The van der Waals surface area contributed by atoms with E-state index < -0.39 is 11.3 Å². The number of amides is 1. The molecule has 0 saturated carbocycles. The van der Waals surface area contributed by atoms with Gasteiger partial charge in [0.2, 0.25) is 11.2 Å². The van der Waals surface area contributed by atoms with E-state index in [1.165, 1.54) is 7.11 Å². The number of halogens is 1. The van der Waals surface area contributed by atoms with E-state index in [-0.39, 0.29) is 24.2 Å². The quantitative estimate of drug-likeness (QED) is 0.876. The highest BCUT2D eigenvalue weighted by Crippen LogP contribution is 2.16. The second-order valence-corrected chi connectivity index (χ2v) is 5.21. The molecule has 0 bridgehead atoms. The van der Waals surface area contributed by atoms with Gasteiger partial charge in [-0.3, -0.25) is 9.59 Å². The Bertz CT molecular complexity index is 726. The van der Waals surface area contributed by atoms with Crippen molar-refractivity contribution in [2.24, 2.45) is 0 Å². The topological polar surface area (TPSA) is 77.8 Å². The molecular weight excluding hydrogens is 322 g/mol. The molecule has 1 aromatic carbocycles. The first-order valence-electron chi connectivity index (χ1n) is 6.87. The van der Waals surface area contributed by atoms with Crippen LogP contribution in [0.15, 0.2) is 45.8 Å². The second kappa shape index (κ2) is 7.69. The third kappa shape index (κ3) is 4.75. The standard InChI is InChI=1S/C16H16ClNO5/c1-10(23-12-5-3-11(17)4-6-12)8-18-16(20)14-7-13(19)15(21-2)9-22-14/h3-7,9-10H,8H2,1-2H3,(H,18,20)/t10-/m0/s1. The molecule has 1 amide bonds. The van der Waals surface area contributed by atoms with Gasteiger partial charge in [0.15, 0.2) is 5.76 Å². The predicted octanol–water partition coefficient (Wildman–Crippen LogP) is 2.50. The Balaban J connectivity index is 1.89. The number of hydrogen-bond donors (Lipinski definition) is 1. The van der Waals surface area contributed by atoms with Crippen molar-refractivity contribution in [1.82, 2.24) is 5.32 Å². The summed E-state index contributed by atoms with van der Waals surface area (Å²) < 4.78 is 15.5. The molecular formula is C16H16ClNO5. The molecule has 0 radical (unpaired) electrons. The Morgan fingerprint density at radius 2 is 2.04 bits per heavy atom. The summed E-state index contributed by atoms with van der Waals surface area (Å²) in [6.45, 7) is 2.05. The van der Waals surface area contributed by atoms with Crippen molar-refractivity contribution >= 4 is 17.5 Å². The zero-order chi connectivity index (χ0) is 16.8. The van der Waals surface area contributed by atoms with E-state index in [2.05, 4.69) is 5.32 Å². The minimum absolute atomic E-state index is 0.0426. The molecule has 1 aromatic heterocycles. The number of methoxy groups -OCH3 is 1. The molecule has 6 nitrogen and oxygen atoms in total. The number of benzene rings is 1. The Morgan fingerprint density at radius 3 is 2.65 bits per heavy atom. The number of hydrogen-bond acceptors (Lipinski definition) is 5. The van der Waals surface area contributed by atoms with Crippen LogP contribution in [-0.2, 0) is 0 Å². The van der Waals surface area contributed by atoms with Crippen molar-refractivity contribution in [1.29, 1.82) is 0 Å². The Hall–Kier alpha value is -2.47. The zero-order valence-corrected chi connectivity index (χ0v) is 13.4. The fraction of sp³-hybridized carbons (Fsp3) is 0.250. The molecule has 0 unspecified atom stereocenters. The lowest BCUT2D eigenvalue weighted by Gasteiger charge is -2.15. The summed E-state index contributed by atoms with van der Waals surface area (Å²) in [7, 11) is 1.35. The van der Waals surface area contributed by atoms with E-state index in [0.717, 1.165) is 12.3 Å². The van der Waals surface area contributed by atoms with Gasteiger partial charge in [0.1, 0.15) is 18.1 Å². The van der Waals surface area contributed by atoms with Gasteiger partial charge in [-0.2, -0.15) is 0 Å². The third-order valence-electron chi connectivity index (χ3n) is 2.94. The summed E-state index contributed by atoms with van der Waals surface area (Å²) >= 11 is 5.80. The van der Waals surface area contributed by atoms with E-state index in [1.807, 2.05) is 0 Å². The van der Waals surface area contributed by atoms with Crippen molar-refractivity contribution in [2.75, 3.05) is 13.7 Å². The highest BCUT2D eigenvalue weighted by atomic mass is 35.5. The molecule has 1 atom stereocenters. The third-order valence-corrected chi connectivity index (χ3v) is 3.19. The van der Waals surface area contributed by atoms with Gasteiger partial charge in [0, 0.05) is 11.1 Å². The molecule has 1 N–H and O–H groups in total. The van der Waals surface area contributed by atoms with E-state index in [4.69, 9.17) is 25.5 Å². The van der Waals surface area contributed by atoms with Crippen LogP contribution < -0.4 is 20.2 Å². The van der Waals surface area contributed by atoms with E-state index >= 15 is 0 Å². The van der Waals surface area contributed by atoms with Gasteiger partial charge in [-0.25, -0.2) is 0 Å². The maximum Gasteiger partial charge on any atom is 0.287 e. The second-order valence-electron chi connectivity index (χ2n) is 4.77. The summed E-state index contributed by atoms with van der Waals surface area (Å²) in [6, 6.07) is 7.99. The number of rotatable bonds is 6. The normalized spacial score (nSPS) is 11.6. The van der Waals surface area contributed by atoms with Crippen LogP contribution in [0, 0.1) is 0 Å². The van der Waals surface area contributed by atoms with Crippen molar-refractivity contribution < 1.29 is 18.7 Å². The summed E-state index contributed by atoms with van der Waals surface area (Å²) in [5.74, 6) is 0.0962. The molecule has 122 valence electrons. The zero-order valence-electron chi connectivity index (χ0n) is 12.7. The van der Waals surface area contributed by atoms with Gasteiger partial charge in [0.05, 0.1) is 13.7 Å². The first-order chi connectivity index (χ1) is 11.0. The molecule has 0 aliphatic rings. The molecule has 0 fully saturated rings. The first kappa shape index (κ1) is 16.9. The average molecular weight is 338 g/mol. The van der Waals surface area contributed by atoms with Gasteiger partial charge in [-0.15, -0.1) is 0 Å². The van der Waals surface area contributed by atoms with Crippen LogP contribution >= 0.6 is 11.6 Å². The van der Waals surface area contributed by atoms with Crippen LogP contribution in [0.3, 0.4) is 0 Å². The maximum atomic E-state index is 11.9. The van der Waals surface area contributed by atoms with Crippen LogP contribution in [0.2, 0.25) is 5.02 Å². The minimum atomic E-state index is -0.503. The molecule has 2 rings (SSSR count). The molecule has 7 heteroatoms. The minimum Gasteiger partial charge on any atom is -0.490 e. The largest absolute Gasteiger partial charge is 0.490 e. The van der Waals surface area contributed by atoms with Crippen LogP contribution in [0.1, 0.15) is 17.5 Å². The number of nitrogens with one attached hydrogen (secondary N) is 1. The predicted molar refractivity (Wildman–Crippen MR) is 85.4 cm³/mol. The number of ether oxygens (including phenoxy) is 2. The van der Waals surface area contributed by atoms with Gasteiger partial charge in [0.25, 0.3) is 5.91 Å². The lowest BCUT2D eigenvalue weighted by Crippen LogP contribution is -2.33. The summed E-state index contributed by atoms with van der Waals surface area (Å²) in [4.78, 5) is 23.5. The highest BCUT2D eigenvalue weighted by Gasteiger charge is 2.13. The fourth-order valence-electron chi connectivity index (χ4n) is 1.78. The molecule has 0 spiro atoms. The monoisotopic (exact) mass is 337 g/mol. The summed E-state index contributed by atoms with van der Waals surface area (Å²) in [5, 5.41) is 3.25. The van der Waals surface area contributed by atoms with Crippen LogP contribution in [0.4, 0.5) is 0 Å². The average Bonchev–Trinajstić information content (AvgIpc) is 2.54.